The summed E-state index contributed by atoms with van der Waals surface area (Å²) < 4.78 is 15.4. The first kappa shape index (κ1) is 16.6. The number of rotatable bonds is 5. The van der Waals surface area contributed by atoms with Crippen LogP contribution in [0.1, 0.15) is 13.8 Å². The van der Waals surface area contributed by atoms with Crippen molar-refractivity contribution < 1.29 is 23.8 Å². The number of para-hydroxylation sites is 2. The van der Waals surface area contributed by atoms with E-state index in [1.54, 1.807) is 24.3 Å². The van der Waals surface area contributed by atoms with Gasteiger partial charge < -0.3 is 14.2 Å². The summed E-state index contributed by atoms with van der Waals surface area (Å²) in [7, 11) is 1.26. The lowest BCUT2D eigenvalue weighted by atomic mass is 10.3. The molecule has 0 radical (unpaired) electrons. The molecule has 0 atom stereocenters. The van der Waals surface area contributed by atoms with Crippen LogP contribution in [-0.2, 0) is 4.74 Å². The number of ether oxygens (including phenoxy) is 3. The van der Waals surface area contributed by atoms with Gasteiger partial charge in [-0.1, -0.05) is 24.8 Å². The maximum atomic E-state index is 11.9. The number of benzene rings is 1. The van der Waals surface area contributed by atoms with Crippen LogP contribution < -0.4 is 9.47 Å². The molecule has 0 heterocycles. The van der Waals surface area contributed by atoms with Crippen molar-refractivity contribution in [2.75, 3.05) is 13.7 Å². The van der Waals surface area contributed by atoms with Gasteiger partial charge in [-0.25, -0.2) is 14.5 Å². The van der Waals surface area contributed by atoms with Gasteiger partial charge in [0.15, 0.2) is 11.5 Å². The summed E-state index contributed by atoms with van der Waals surface area (Å²) in [6.45, 7) is 7.15. The number of carbonyl (C=O) groups excluding carboxylic acids is 2. The summed E-state index contributed by atoms with van der Waals surface area (Å²) in [5.74, 6) is 0.660. The largest absolute Gasteiger partial charge is 0.487 e. The summed E-state index contributed by atoms with van der Waals surface area (Å²) >= 11 is 0. The highest BCUT2D eigenvalue weighted by Gasteiger charge is 2.21. The number of hydrogen-bond acceptors (Lipinski definition) is 5. The molecule has 2 amide bonds. The molecule has 0 spiro atoms. The molecule has 21 heavy (non-hydrogen) atoms. The lowest BCUT2D eigenvalue weighted by Crippen LogP contribution is -2.36. The lowest BCUT2D eigenvalue weighted by molar-refractivity contribution is 0.112. The molecule has 0 fully saturated rings. The van der Waals surface area contributed by atoms with Crippen molar-refractivity contribution >= 4 is 12.2 Å². The highest BCUT2D eigenvalue weighted by molar-refractivity contribution is 5.88. The molecule has 0 aliphatic rings. The van der Waals surface area contributed by atoms with Gasteiger partial charge in [0.05, 0.1) is 6.10 Å². The zero-order chi connectivity index (χ0) is 15.8. The fraction of sp³-hybridized carbons (Fsp3) is 0.333. The zero-order valence-electron chi connectivity index (χ0n) is 12.4. The first-order chi connectivity index (χ1) is 9.95. The quantitative estimate of drug-likeness (QED) is 0.780. The van der Waals surface area contributed by atoms with Crippen molar-refractivity contribution in [3.63, 3.8) is 0 Å². The molecule has 0 unspecified atom stereocenters. The van der Waals surface area contributed by atoms with E-state index < -0.39 is 12.2 Å². The van der Waals surface area contributed by atoms with E-state index in [0.29, 0.717) is 5.75 Å². The molecule has 0 aliphatic carbocycles. The number of amides is 2. The van der Waals surface area contributed by atoms with Crippen molar-refractivity contribution in [2.45, 2.75) is 20.0 Å². The smallest absolute Gasteiger partial charge is 0.424 e. The molecule has 0 aromatic heterocycles. The minimum Gasteiger partial charge on any atom is -0.487 e. The lowest BCUT2D eigenvalue weighted by Gasteiger charge is -2.17. The van der Waals surface area contributed by atoms with E-state index in [1.807, 2.05) is 13.8 Å². The predicted octanol–water partition coefficient (Wildman–Crippen LogP) is 3.23. The van der Waals surface area contributed by atoms with E-state index in [1.165, 1.54) is 13.1 Å². The van der Waals surface area contributed by atoms with Crippen molar-refractivity contribution in [3.05, 3.63) is 36.9 Å². The number of hydrogen-bond donors (Lipinski definition) is 0. The summed E-state index contributed by atoms with van der Waals surface area (Å²) in [6.07, 6.45) is -0.339. The zero-order valence-corrected chi connectivity index (χ0v) is 12.4. The minimum absolute atomic E-state index is 0.0174. The molecule has 6 nitrogen and oxygen atoms in total. The fourth-order valence-electron chi connectivity index (χ4n) is 1.35. The third-order valence-corrected chi connectivity index (χ3v) is 2.28. The van der Waals surface area contributed by atoms with E-state index in [-0.39, 0.29) is 18.5 Å². The second kappa shape index (κ2) is 7.94. The van der Waals surface area contributed by atoms with Crippen LogP contribution in [0.5, 0.6) is 11.5 Å². The molecule has 0 saturated heterocycles. The number of imide groups is 1. The van der Waals surface area contributed by atoms with Crippen LogP contribution in [0.25, 0.3) is 0 Å². The normalized spacial score (nSPS) is 9.90. The second-order valence-electron chi connectivity index (χ2n) is 4.41. The maximum Gasteiger partial charge on any atom is 0.424 e. The molecular weight excluding hydrogens is 274 g/mol. The SMILES string of the molecule is C=CCOC(=O)N(C)C(=O)Oc1ccccc1OC(C)C. The highest BCUT2D eigenvalue weighted by Crippen LogP contribution is 2.27. The van der Waals surface area contributed by atoms with Crippen LogP contribution in [0.2, 0.25) is 0 Å². The monoisotopic (exact) mass is 293 g/mol. The third kappa shape index (κ3) is 5.18. The highest BCUT2D eigenvalue weighted by atomic mass is 16.6. The Hall–Kier alpha value is -2.50. The van der Waals surface area contributed by atoms with Crippen molar-refractivity contribution in [1.29, 1.82) is 0 Å². The molecule has 6 heteroatoms. The van der Waals surface area contributed by atoms with Crippen LogP contribution >= 0.6 is 0 Å². The van der Waals surface area contributed by atoms with Gasteiger partial charge in [-0.15, -0.1) is 0 Å². The Morgan fingerprint density at radius 3 is 2.43 bits per heavy atom. The van der Waals surface area contributed by atoms with Crippen LogP contribution in [0.3, 0.4) is 0 Å². The van der Waals surface area contributed by atoms with Crippen LogP contribution in [0.15, 0.2) is 36.9 Å². The topological polar surface area (TPSA) is 65.1 Å². The molecule has 1 aromatic rings. The van der Waals surface area contributed by atoms with Gasteiger partial charge in [-0.2, -0.15) is 0 Å². The molecule has 0 aliphatic heterocycles. The molecule has 0 bridgehead atoms. The molecule has 1 aromatic carbocycles. The molecule has 0 saturated carbocycles. The van der Waals surface area contributed by atoms with E-state index >= 15 is 0 Å². The second-order valence-corrected chi connectivity index (χ2v) is 4.41. The predicted molar refractivity (Wildman–Crippen MR) is 77.5 cm³/mol. The molecule has 1 rings (SSSR count). The molecule has 114 valence electrons. The Labute approximate surface area is 123 Å². The summed E-state index contributed by atoms with van der Waals surface area (Å²) in [5.41, 5.74) is 0. The summed E-state index contributed by atoms with van der Waals surface area (Å²) in [4.78, 5) is 24.1. The van der Waals surface area contributed by atoms with Gasteiger partial charge in [-0.05, 0) is 26.0 Å². The molecule has 0 N–H and O–H groups in total. The van der Waals surface area contributed by atoms with E-state index in [4.69, 9.17) is 14.2 Å². The van der Waals surface area contributed by atoms with E-state index in [9.17, 15) is 9.59 Å². The van der Waals surface area contributed by atoms with Crippen molar-refractivity contribution in [2.24, 2.45) is 0 Å². The van der Waals surface area contributed by atoms with Crippen LogP contribution in [-0.4, -0.2) is 36.8 Å². The van der Waals surface area contributed by atoms with Gasteiger partial charge in [0.25, 0.3) is 0 Å². The van der Waals surface area contributed by atoms with Gasteiger partial charge in [0, 0.05) is 7.05 Å². The maximum absolute atomic E-state index is 11.9. The Kier molecular flexibility index (Phi) is 6.26. The average Bonchev–Trinajstić information content (AvgIpc) is 2.45. The van der Waals surface area contributed by atoms with Gasteiger partial charge in [0.1, 0.15) is 6.61 Å². The van der Waals surface area contributed by atoms with Crippen molar-refractivity contribution in [1.82, 2.24) is 4.90 Å². The van der Waals surface area contributed by atoms with Gasteiger partial charge in [0.2, 0.25) is 0 Å². The van der Waals surface area contributed by atoms with Crippen molar-refractivity contribution in [3.8, 4) is 11.5 Å². The standard InChI is InChI=1S/C15H19NO5/c1-5-10-19-14(17)16(4)15(18)21-13-9-7-6-8-12(13)20-11(2)3/h5-9,11H,1,10H2,2-4H3. The number of nitrogens with zero attached hydrogens (tertiary/aromatic N) is 1. The third-order valence-electron chi connectivity index (χ3n) is 2.28. The fourth-order valence-corrected chi connectivity index (χ4v) is 1.35. The van der Waals surface area contributed by atoms with E-state index in [2.05, 4.69) is 6.58 Å². The Morgan fingerprint density at radius 1 is 1.24 bits per heavy atom. The molecular formula is C15H19NO5. The minimum atomic E-state index is -0.858. The Morgan fingerprint density at radius 2 is 1.86 bits per heavy atom. The first-order valence-corrected chi connectivity index (χ1v) is 6.44. The van der Waals surface area contributed by atoms with Gasteiger partial charge >= 0.3 is 12.2 Å². The first-order valence-electron chi connectivity index (χ1n) is 6.44. The van der Waals surface area contributed by atoms with Crippen LogP contribution in [0.4, 0.5) is 9.59 Å². The summed E-state index contributed by atoms with van der Waals surface area (Å²) in [5, 5.41) is 0. The Balaban J connectivity index is 2.74. The number of carbonyl (C=O) groups is 2. The van der Waals surface area contributed by atoms with E-state index in [0.717, 1.165) is 4.90 Å². The Bertz CT molecular complexity index is 513. The summed E-state index contributed by atoms with van der Waals surface area (Å²) in [6, 6.07) is 6.72. The van der Waals surface area contributed by atoms with Gasteiger partial charge in [-0.3, -0.25) is 0 Å². The average molecular weight is 293 g/mol. The van der Waals surface area contributed by atoms with Crippen LogP contribution in [0, 0.1) is 0 Å².